The normalized spacial score (nSPS) is 28.2. The molecule has 1 aromatic rings. The van der Waals surface area contributed by atoms with E-state index in [0.29, 0.717) is 44.0 Å². The third-order valence-electron chi connectivity index (χ3n) is 5.36. The molecule has 1 N–H and O–H groups in total. The summed E-state index contributed by atoms with van der Waals surface area (Å²) in [6.07, 6.45) is 0.926. The fraction of sp³-hybridized carbons (Fsp3) is 0.647. The highest BCUT2D eigenvalue weighted by Crippen LogP contribution is 2.46. The molecule has 136 valence electrons. The highest BCUT2D eigenvalue weighted by atomic mass is 16.7. The van der Waals surface area contributed by atoms with Gasteiger partial charge in [0.15, 0.2) is 17.3 Å². The number of benzene rings is 1. The number of fused-ring (bicyclic) bond motifs is 1. The molecule has 4 rings (SSSR count). The summed E-state index contributed by atoms with van der Waals surface area (Å²) >= 11 is 0. The molecular formula is C17H21NO7. The minimum absolute atomic E-state index is 0.148. The van der Waals surface area contributed by atoms with Crippen LogP contribution >= 0.6 is 0 Å². The lowest BCUT2D eigenvalue weighted by Gasteiger charge is -2.41. The van der Waals surface area contributed by atoms with E-state index >= 15 is 0 Å². The Kier molecular flexibility index (Phi) is 4.26. The van der Waals surface area contributed by atoms with Crippen LogP contribution in [0.15, 0.2) is 18.2 Å². The Morgan fingerprint density at radius 1 is 1.28 bits per heavy atom. The maximum atomic E-state index is 11.3. The Labute approximate surface area is 144 Å². The predicted molar refractivity (Wildman–Crippen MR) is 85.2 cm³/mol. The summed E-state index contributed by atoms with van der Waals surface area (Å²) in [5.74, 6) is -0.275. The molecule has 8 heteroatoms. The predicted octanol–water partition coefficient (Wildman–Crippen LogP) is 1.68. The number of hydrogen-bond acceptors (Lipinski definition) is 7. The lowest BCUT2D eigenvalue weighted by molar-refractivity contribution is -0.486. The van der Waals surface area contributed by atoms with Crippen LogP contribution in [0.1, 0.15) is 30.7 Å². The summed E-state index contributed by atoms with van der Waals surface area (Å²) in [7, 11) is 0. The van der Waals surface area contributed by atoms with Gasteiger partial charge in [-0.05, 0) is 24.1 Å². The topological polar surface area (TPSA) is 100 Å². The van der Waals surface area contributed by atoms with Gasteiger partial charge < -0.3 is 24.1 Å². The molecule has 0 amide bonds. The molecule has 2 fully saturated rings. The zero-order chi connectivity index (χ0) is 17.4. The van der Waals surface area contributed by atoms with Gasteiger partial charge in [0.2, 0.25) is 13.3 Å². The fourth-order valence-electron chi connectivity index (χ4n) is 4.14. The molecule has 1 spiro atoms. The first kappa shape index (κ1) is 16.6. The van der Waals surface area contributed by atoms with Crippen LogP contribution in [0, 0.1) is 16.0 Å². The molecule has 0 bridgehead atoms. The van der Waals surface area contributed by atoms with Crippen LogP contribution < -0.4 is 9.47 Å². The monoisotopic (exact) mass is 351 g/mol. The minimum atomic E-state index is -0.713. The summed E-state index contributed by atoms with van der Waals surface area (Å²) < 4.78 is 22.3. The lowest BCUT2D eigenvalue weighted by atomic mass is 9.72. The van der Waals surface area contributed by atoms with Gasteiger partial charge in [-0.25, -0.2) is 0 Å². The second kappa shape index (κ2) is 6.44. The molecule has 1 saturated heterocycles. The van der Waals surface area contributed by atoms with E-state index in [1.807, 2.05) is 6.07 Å². The molecule has 1 aromatic carbocycles. The van der Waals surface area contributed by atoms with Crippen molar-refractivity contribution in [2.45, 2.75) is 37.1 Å². The molecule has 0 aromatic heterocycles. The molecule has 0 unspecified atom stereocenters. The number of hydrogen-bond donors (Lipinski definition) is 1. The summed E-state index contributed by atoms with van der Waals surface area (Å²) in [6, 6.07) is 5.35. The van der Waals surface area contributed by atoms with Gasteiger partial charge in [-0.15, -0.1) is 0 Å². The summed E-state index contributed by atoms with van der Waals surface area (Å²) in [6.45, 7) is 0.923. The van der Waals surface area contributed by atoms with Crippen molar-refractivity contribution in [1.29, 1.82) is 0 Å². The fourth-order valence-corrected chi connectivity index (χ4v) is 4.14. The zero-order valence-electron chi connectivity index (χ0n) is 13.8. The number of nitrogens with zero attached hydrogens (tertiary/aromatic N) is 1. The second-order valence-corrected chi connectivity index (χ2v) is 6.82. The quantitative estimate of drug-likeness (QED) is 0.650. The maximum Gasteiger partial charge on any atom is 0.231 e. The summed E-state index contributed by atoms with van der Waals surface area (Å²) in [4.78, 5) is 11.0. The Bertz CT molecular complexity index is 658. The number of aliphatic hydroxyl groups is 1. The smallest absolute Gasteiger partial charge is 0.231 e. The first-order chi connectivity index (χ1) is 12.1. The molecule has 2 aliphatic heterocycles. The van der Waals surface area contributed by atoms with Gasteiger partial charge in [0.25, 0.3) is 0 Å². The Balaban J connectivity index is 1.64. The van der Waals surface area contributed by atoms with Crippen molar-refractivity contribution in [3.8, 4) is 11.5 Å². The molecule has 0 radical (unpaired) electrons. The molecule has 1 aliphatic carbocycles. The van der Waals surface area contributed by atoms with E-state index in [9.17, 15) is 15.2 Å². The van der Waals surface area contributed by atoms with Crippen LogP contribution in [-0.2, 0) is 9.47 Å². The van der Waals surface area contributed by atoms with Crippen LogP contribution in [-0.4, -0.2) is 48.5 Å². The van der Waals surface area contributed by atoms with Crippen LogP contribution in [0.3, 0.4) is 0 Å². The van der Waals surface area contributed by atoms with Crippen LogP contribution in [0.5, 0.6) is 11.5 Å². The third kappa shape index (κ3) is 3.17. The Morgan fingerprint density at radius 3 is 2.80 bits per heavy atom. The standard InChI is InChI=1S/C17H21NO7/c19-14-3-4-17(24-5-6-25-17)8-12(14)13(9-18(20)21)11-1-2-15-16(7-11)23-10-22-15/h1-2,7,12-14,19H,3-6,8-10H2/t12-,13-,14+/m0/s1. The van der Waals surface area contributed by atoms with Gasteiger partial charge in [0.05, 0.1) is 25.2 Å². The molecule has 3 aliphatic rings. The van der Waals surface area contributed by atoms with Crippen molar-refractivity contribution < 1.29 is 29.0 Å². The molecule has 1 saturated carbocycles. The highest BCUT2D eigenvalue weighted by Gasteiger charge is 2.48. The largest absolute Gasteiger partial charge is 0.454 e. The van der Waals surface area contributed by atoms with Crippen molar-refractivity contribution in [2.75, 3.05) is 26.6 Å². The first-order valence-corrected chi connectivity index (χ1v) is 8.54. The van der Waals surface area contributed by atoms with Crippen LogP contribution in [0.25, 0.3) is 0 Å². The third-order valence-corrected chi connectivity index (χ3v) is 5.36. The average Bonchev–Trinajstić information content (AvgIpc) is 3.24. The van der Waals surface area contributed by atoms with Gasteiger partial charge in [0.1, 0.15) is 0 Å². The molecule has 25 heavy (non-hydrogen) atoms. The van der Waals surface area contributed by atoms with Crippen molar-refractivity contribution in [3.63, 3.8) is 0 Å². The number of aliphatic hydroxyl groups excluding tert-OH is 1. The summed E-state index contributed by atoms with van der Waals surface area (Å²) in [5, 5.41) is 21.8. The van der Waals surface area contributed by atoms with Gasteiger partial charge in [-0.3, -0.25) is 10.1 Å². The molecular weight excluding hydrogens is 330 g/mol. The Hall–Kier alpha value is -1.90. The van der Waals surface area contributed by atoms with Gasteiger partial charge in [0, 0.05) is 23.7 Å². The van der Waals surface area contributed by atoms with E-state index in [4.69, 9.17) is 18.9 Å². The first-order valence-electron chi connectivity index (χ1n) is 8.54. The van der Waals surface area contributed by atoms with E-state index in [0.717, 1.165) is 5.56 Å². The van der Waals surface area contributed by atoms with Crippen molar-refractivity contribution >= 4 is 0 Å². The van der Waals surface area contributed by atoms with Crippen LogP contribution in [0.4, 0.5) is 0 Å². The van der Waals surface area contributed by atoms with E-state index in [1.165, 1.54) is 0 Å². The van der Waals surface area contributed by atoms with Crippen molar-refractivity contribution in [1.82, 2.24) is 0 Å². The van der Waals surface area contributed by atoms with Crippen molar-refractivity contribution in [2.24, 2.45) is 5.92 Å². The highest BCUT2D eigenvalue weighted by molar-refractivity contribution is 5.45. The number of ether oxygens (including phenoxy) is 4. The average molecular weight is 351 g/mol. The van der Waals surface area contributed by atoms with Gasteiger partial charge in [-0.2, -0.15) is 0 Å². The lowest BCUT2D eigenvalue weighted by Crippen LogP contribution is -2.45. The number of rotatable bonds is 4. The second-order valence-electron chi connectivity index (χ2n) is 6.82. The van der Waals surface area contributed by atoms with Crippen LogP contribution in [0.2, 0.25) is 0 Å². The SMILES string of the molecule is O=[N+]([O-])C[C@@H](c1ccc2c(c1)OCO2)[C@@H]1CC2(CC[C@H]1O)OCCO2. The molecule has 3 atom stereocenters. The van der Waals surface area contributed by atoms with Crippen molar-refractivity contribution in [3.05, 3.63) is 33.9 Å². The minimum Gasteiger partial charge on any atom is -0.454 e. The number of nitro groups is 1. The molecule has 8 nitrogen and oxygen atoms in total. The zero-order valence-corrected chi connectivity index (χ0v) is 13.8. The van der Waals surface area contributed by atoms with E-state index in [2.05, 4.69) is 0 Å². The van der Waals surface area contributed by atoms with Gasteiger partial charge in [-0.1, -0.05) is 6.07 Å². The Morgan fingerprint density at radius 2 is 2.04 bits per heavy atom. The van der Waals surface area contributed by atoms with Gasteiger partial charge >= 0.3 is 0 Å². The maximum absolute atomic E-state index is 11.3. The molecule has 2 heterocycles. The van der Waals surface area contributed by atoms with E-state index < -0.39 is 17.8 Å². The summed E-state index contributed by atoms with van der Waals surface area (Å²) in [5.41, 5.74) is 0.764. The van der Waals surface area contributed by atoms with E-state index in [1.54, 1.807) is 12.1 Å². The van der Waals surface area contributed by atoms with E-state index in [-0.39, 0.29) is 24.2 Å².